The fourth-order valence-corrected chi connectivity index (χ4v) is 5.76. The van der Waals surface area contributed by atoms with Crippen LogP contribution in [0.4, 0.5) is 10.1 Å². The van der Waals surface area contributed by atoms with Crippen molar-refractivity contribution in [3.8, 4) is 11.4 Å². The molecule has 0 spiro atoms. The molecule has 4 rings (SSSR count). The van der Waals surface area contributed by atoms with Gasteiger partial charge in [0.2, 0.25) is 27.6 Å². The van der Waals surface area contributed by atoms with E-state index in [-0.39, 0.29) is 28.1 Å². The molecule has 0 radical (unpaired) electrons. The Morgan fingerprint density at radius 3 is 2.73 bits per heavy atom. The number of amides is 1. The number of sulfonamides is 1. The van der Waals surface area contributed by atoms with Crippen LogP contribution in [0.5, 0.6) is 0 Å². The number of piperidine rings is 1. The number of hydrogen-bond donors (Lipinski definition) is 1. The molecule has 1 atom stereocenters. The third kappa shape index (κ3) is 4.92. The highest BCUT2D eigenvalue weighted by atomic mass is 35.5. The summed E-state index contributed by atoms with van der Waals surface area (Å²) in [6, 6.07) is 8.63. The number of rotatable bonds is 5. The van der Waals surface area contributed by atoms with Crippen LogP contribution in [-0.4, -0.2) is 41.9 Å². The Labute approximate surface area is 195 Å². The molecule has 2 aromatic carbocycles. The Morgan fingerprint density at radius 2 is 2.03 bits per heavy atom. The zero-order valence-corrected chi connectivity index (χ0v) is 19.6. The Kier molecular flexibility index (Phi) is 6.51. The second kappa shape index (κ2) is 9.20. The minimum atomic E-state index is -3.88. The van der Waals surface area contributed by atoms with Crippen LogP contribution >= 0.6 is 11.6 Å². The Bertz CT molecular complexity index is 1310. The molecule has 1 unspecified atom stereocenters. The van der Waals surface area contributed by atoms with Crippen molar-refractivity contribution in [3.63, 3.8) is 0 Å². The number of carbonyl (C=O) groups is 1. The number of carbonyl (C=O) groups excluding carboxylic acids is 1. The van der Waals surface area contributed by atoms with Gasteiger partial charge in [0, 0.05) is 25.6 Å². The summed E-state index contributed by atoms with van der Waals surface area (Å²) in [5, 5.41) is 6.61. The SMILES string of the molecule is Cc1nc(-c2ccc(C)c(S(=O)(=O)N3CCCC(C(=O)Nc4ccc(F)cc4Cl)C3)c2)no1. The number of aromatic nitrogens is 2. The first-order valence-electron chi connectivity index (χ1n) is 10.3. The van der Waals surface area contributed by atoms with Gasteiger partial charge in [-0.2, -0.15) is 9.29 Å². The van der Waals surface area contributed by atoms with Gasteiger partial charge < -0.3 is 9.84 Å². The number of halogens is 2. The highest BCUT2D eigenvalue weighted by molar-refractivity contribution is 7.89. The number of nitrogens with one attached hydrogen (secondary N) is 1. The van der Waals surface area contributed by atoms with Crippen molar-refractivity contribution >= 4 is 33.2 Å². The largest absolute Gasteiger partial charge is 0.339 e. The average Bonchev–Trinajstić information content (AvgIpc) is 3.22. The van der Waals surface area contributed by atoms with Crippen molar-refractivity contribution in [1.82, 2.24) is 14.4 Å². The molecule has 1 aliphatic heterocycles. The molecule has 0 aliphatic carbocycles. The lowest BCUT2D eigenvalue weighted by molar-refractivity contribution is -0.120. The van der Waals surface area contributed by atoms with Crippen LogP contribution in [0.2, 0.25) is 5.02 Å². The summed E-state index contributed by atoms with van der Waals surface area (Å²) in [6.45, 7) is 3.69. The Balaban J connectivity index is 1.55. The fraction of sp³-hybridized carbons (Fsp3) is 0.318. The standard InChI is InChI=1S/C22H22ClFN4O4S/c1-13-5-6-15(21-25-14(2)32-27-21)10-20(13)33(30,31)28-9-3-4-16(12-28)22(29)26-19-8-7-17(24)11-18(19)23/h5-8,10-11,16H,3-4,9,12H2,1-2H3,(H,26,29). The van der Waals surface area contributed by atoms with Crippen LogP contribution in [-0.2, 0) is 14.8 Å². The smallest absolute Gasteiger partial charge is 0.243 e. The molecule has 2 heterocycles. The highest BCUT2D eigenvalue weighted by Gasteiger charge is 2.34. The van der Waals surface area contributed by atoms with Crippen LogP contribution in [0.3, 0.4) is 0 Å². The van der Waals surface area contributed by atoms with Crippen molar-refractivity contribution < 1.29 is 22.1 Å². The average molecular weight is 493 g/mol. The number of anilines is 1. The van der Waals surface area contributed by atoms with Gasteiger partial charge in [-0.15, -0.1) is 0 Å². The van der Waals surface area contributed by atoms with Crippen LogP contribution in [0.25, 0.3) is 11.4 Å². The monoisotopic (exact) mass is 492 g/mol. The summed E-state index contributed by atoms with van der Waals surface area (Å²) in [4.78, 5) is 17.1. The van der Waals surface area contributed by atoms with Crippen molar-refractivity contribution in [3.05, 3.63) is 58.7 Å². The van der Waals surface area contributed by atoms with E-state index >= 15 is 0 Å². The van der Waals surface area contributed by atoms with Crippen LogP contribution in [0, 0.1) is 25.6 Å². The van der Waals surface area contributed by atoms with Crippen molar-refractivity contribution in [2.45, 2.75) is 31.6 Å². The van der Waals surface area contributed by atoms with E-state index in [0.29, 0.717) is 42.2 Å². The van der Waals surface area contributed by atoms with Gasteiger partial charge in [-0.3, -0.25) is 4.79 Å². The van der Waals surface area contributed by atoms with Crippen molar-refractivity contribution in [2.24, 2.45) is 5.92 Å². The van der Waals surface area contributed by atoms with Gasteiger partial charge in [0.25, 0.3) is 0 Å². The summed E-state index contributed by atoms with van der Waals surface area (Å²) in [5.41, 5.74) is 1.37. The lowest BCUT2D eigenvalue weighted by atomic mass is 9.98. The second-order valence-electron chi connectivity index (χ2n) is 7.93. The summed E-state index contributed by atoms with van der Waals surface area (Å²) in [6.07, 6.45) is 1.05. The molecule has 1 aliphatic rings. The minimum absolute atomic E-state index is 0.0258. The van der Waals surface area contributed by atoms with E-state index < -0.39 is 21.8 Å². The van der Waals surface area contributed by atoms with E-state index in [1.165, 1.54) is 22.5 Å². The second-order valence-corrected chi connectivity index (χ2v) is 10.2. The molecule has 1 amide bonds. The van der Waals surface area contributed by atoms with Crippen molar-refractivity contribution in [2.75, 3.05) is 18.4 Å². The molecule has 1 saturated heterocycles. The van der Waals surface area contributed by atoms with Gasteiger partial charge >= 0.3 is 0 Å². The number of hydrogen-bond acceptors (Lipinski definition) is 6. The molecule has 174 valence electrons. The van der Waals surface area contributed by atoms with Gasteiger partial charge in [-0.25, -0.2) is 12.8 Å². The molecule has 0 saturated carbocycles. The van der Waals surface area contributed by atoms with E-state index in [1.807, 2.05) is 0 Å². The third-order valence-corrected chi connectivity index (χ3v) is 7.86. The summed E-state index contributed by atoms with van der Waals surface area (Å²) < 4.78 is 46.6. The topological polar surface area (TPSA) is 105 Å². The van der Waals surface area contributed by atoms with Gasteiger partial charge in [0.05, 0.1) is 21.5 Å². The summed E-state index contributed by atoms with van der Waals surface area (Å²) in [5.74, 6) is -0.771. The maximum Gasteiger partial charge on any atom is 0.243 e. The zero-order chi connectivity index (χ0) is 23.8. The van der Waals surface area contributed by atoms with Crippen molar-refractivity contribution in [1.29, 1.82) is 0 Å². The molecule has 3 aromatic rings. The lowest BCUT2D eigenvalue weighted by Gasteiger charge is -2.31. The summed E-state index contributed by atoms with van der Waals surface area (Å²) >= 11 is 6.00. The maximum atomic E-state index is 13.5. The molecule has 1 fully saturated rings. The normalized spacial score (nSPS) is 17.2. The lowest BCUT2D eigenvalue weighted by Crippen LogP contribution is -2.43. The quantitative estimate of drug-likeness (QED) is 0.572. The van der Waals surface area contributed by atoms with E-state index in [1.54, 1.807) is 26.0 Å². The first-order chi connectivity index (χ1) is 15.6. The molecule has 8 nitrogen and oxygen atoms in total. The van der Waals surface area contributed by atoms with Crippen LogP contribution < -0.4 is 5.32 Å². The number of aryl methyl sites for hydroxylation is 2. The van der Waals surface area contributed by atoms with Gasteiger partial charge in [-0.05, 0) is 49.6 Å². The van der Waals surface area contributed by atoms with Crippen LogP contribution in [0.15, 0.2) is 45.8 Å². The molecular weight excluding hydrogens is 471 g/mol. The maximum absolute atomic E-state index is 13.5. The third-order valence-electron chi connectivity index (χ3n) is 5.54. The van der Waals surface area contributed by atoms with Crippen LogP contribution in [0.1, 0.15) is 24.3 Å². The van der Waals surface area contributed by atoms with E-state index in [2.05, 4.69) is 15.5 Å². The molecule has 1 N–H and O–H groups in total. The minimum Gasteiger partial charge on any atom is -0.339 e. The van der Waals surface area contributed by atoms with E-state index in [0.717, 1.165) is 6.07 Å². The van der Waals surface area contributed by atoms with Gasteiger partial charge in [0.15, 0.2) is 0 Å². The first-order valence-corrected chi connectivity index (χ1v) is 12.1. The van der Waals surface area contributed by atoms with Gasteiger partial charge in [0.1, 0.15) is 5.82 Å². The number of nitrogens with zero attached hydrogens (tertiary/aromatic N) is 3. The van der Waals surface area contributed by atoms with Gasteiger partial charge in [-0.1, -0.05) is 28.9 Å². The predicted octanol–water partition coefficient (Wildman–Crippen LogP) is 4.19. The molecule has 0 bridgehead atoms. The molecule has 11 heteroatoms. The molecule has 1 aromatic heterocycles. The summed E-state index contributed by atoms with van der Waals surface area (Å²) in [7, 11) is -3.88. The molecular formula is C22H22ClFN4O4S. The molecule has 33 heavy (non-hydrogen) atoms. The Hall–Kier alpha value is -2.82. The zero-order valence-electron chi connectivity index (χ0n) is 18.0. The van der Waals surface area contributed by atoms with E-state index in [9.17, 15) is 17.6 Å². The van der Waals surface area contributed by atoms with E-state index in [4.69, 9.17) is 16.1 Å². The first kappa shape index (κ1) is 23.3. The highest BCUT2D eigenvalue weighted by Crippen LogP contribution is 2.30. The predicted molar refractivity (Wildman–Crippen MR) is 121 cm³/mol. The Morgan fingerprint density at radius 1 is 1.24 bits per heavy atom. The number of benzene rings is 2. The fourth-order valence-electron chi connectivity index (χ4n) is 3.77.